The van der Waals surface area contributed by atoms with Gasteiger partial charge in [-0.1, -0.05) is 38.3 Å². The van der Waals surface area contributed by atoms with Gasteiger partial charge in [0.2, 0.25) is 0 Å². The van der Waals surface area contributed by atoms with Crippen LogP contribution in [0.5, 0.6) is 0 Å². The molecule has 3 unspecified atom stereocenters. The molecule has 2 rings (SSSR count). The van der Waals surface area contributed by atoms with Crippen molar-refractivity contribution in [2.75, 3.05) is 0 Å². The third-order valence-electron chi connectivity index (χ3n) is 4.83. The van der Waals surface area contributed by atoms with Gasteiger partial charge < -0.3 is 5.32 Å². The van der Waals surface area contributed by atoms with Crippen molar-refractivity contribution >= 4 is 5.69 Å². The number of nitrogens with one attached hydrogen (secondary N) is 1. The largest absolute Gasteiger partial charge is 0.307 e. The Hall–Kier alpha value is -1.42. The van der Waals surface area contributed by atoms with Gasteiger partial charge in [0.25, 0.3) is 5.69 Å². The van der Waals surface area contributed by atoms with Crippen molar-refractivity contribution in [3.63, 3.8) is 0 Å². The summed E-state index contributed by atoms with van der Waals surface area (Å²) in [5.41, 5.74) is 1.95. The van der Waals surface area contributed by atoms with E-state index in [1.807, 2.05) is 12.1 Å². The Labute approximate surface area is 127 Å². The summed E-state index contributed by atoms with van der Waals surface area (Å²) in [7, 11) is 0. The van der Waals surface area contributed by atoms with E-state index in [0.717, 1.165) is 17.0 Å². The smallest absolute Gasteiger partial charge is 0.272 e. The molecule has 116 valence electrons. The Morgan fingerprint density at radius 2 is 2.10 bits per heavy atom. The van der Waals surface area contributed by atoms with E-state index in [4.69, 9.17) is 0 Å². The molecule has 0 bridgehead atoms. The van der Waals surface area contributed by atoms with Crippen LogP contribution in [-0.4, -0.2) is 11.0 Å². The third-order valence-corrected chi connectivity index (χ3v) is 4.83. The third kappa shape index (κ3) is 3.82. The van der Waals surface area contributed by atoms with Gasteiger partial charge >= 0.3 is 0 Å². The fourth-order valence-electron chi connectivity index (χ4n) is 3.43. The van der Waals surface area contributed by atoms with Gasteiger partial charge in [-0.2, -0.15) is 0 Å². The van der Waals surface area contributed by atoms with E-state index in [1.165, 1.54) is 32.1 Å². The van der Waals surface area contributed by atoms with E-state index in [1.54, 1.807) is 13.0 Å². The number of aryl methyl sites for hydroxylation is 1. The molecule has 0 aromatic heterocycles. The molecular weight excluding hydrogens is 264 g/mol. The highest BCUT2D eigenvalue weighted by molar-refractivity contribution is 5.43. The second-order valence-electron chi connectivity index (χ2n) is 6.25. The van der Waals surface area contributed by atoms with Crippen LogP contribution in [-0.2, 0) is 0 Å². The lowest BCUT2D eigenvalue weighted by atomic mass is 9.82. The van der Waals surface area contributed by atoms with Crippen LogP contribution in [0.25, 0.3) is 0 Å². The van der Waals surface area contributed by atoms with Gasteiger partial charge in [0.1, 0.15) is 0 Å². The summed E-state index contributed by atoms with van der Waals surface area (Å²) in [5, 5.41) is 14.8. The lowest BCUT2D eigenvalue weighted by Crippen LogP contribution is -2.39. The Balaban J connectivity index is 2.10. The molecule has 3 atom stereocenters. The summed E-state index contributed by atoms with van der Waals surface area (Å²) in [4.78, 5) is 10.8. The molecule has 1 fully saturated rings. The summed E-state index contributed by atoms with van der Waals surface area (Å²) in [6.45, 7) is 6.15. The Kier molecular flexibility index (Phi) is 5.34. The quantitative estimate of drug-likeness (QED) is 0.640. The van der Waals surface area contributed by atoms with Crippen molar-refractivity contribution < 1.29 is 4.92 Å². The molecular formula is C17H26N2O2. The minimum Gasteiger partial charge on any atom is -0.307 e. The number of hydrogen-bond acceptors (Lipinski definition) is 3. The predicted molar refractivity (Wildman–Crippen MR) is 85.4 cm³/mol. The summed E-state index contributed by atoms with van der Waals surface area (Å²) in [5.74, 6) is 0.738. The zero-order valence-corrected chi connectivity index (χ0v) is 13.3. The lowest BCUT2D eigenvalue weighted by molar-refractivity contribution is -0.385. The maximum atomic E-state index is 11.1. The molecule has 21 heavy (non-hydrogen) atoms. The summed E-state index contributed by atoms with van der Waals surface area (Å²) in [6.07, 6.45) is 6.35. The zero-order chi connectivity index (χ0) is 15.4. The predicted octanol–water partition coefficient (Wildman–Crippen LogP) is 4.52. The molecule has 0 heterocycles. The fraction of sp³-hybridized carbons (Fsp3) is 0.647. The zero-order valence-electron chi connectivity index (χ0n) is 13.3. The van der Waals surface area contributed by atoms with E-state index < -0.39 is 0 Å². The summed E-state index contributed by atoms with van der Waals surface area (Å²) in [6, 6.07) is 6.27. The monoisotopic (exact) mass is 290 g/mol. The Morgan fingerprint density at radius 1 is 1.38 bits per heavy atom. The molecule has 0 amide bonds. The maximum Gasteiger partial charge on any atom is 0.272 e. The van der Waals surface area contributed by atoms with Gasteiger partial charge in [0.05, 0.1) is 4.92 Å². The van der Waals surface area contributed by atoms with Crippen molar-refractivity contribution in [3.05, 3.63) is 39.4 Å². The topological polar surface area (TPSA) is 55.2 Å². The van der Waals surface area contributed by atoms with E-state index in [-0.39, 0.29) is 16.7 Å². The lowest BCUT2D eigenvalue weighted by Gasteiger charge is -2.34. The van der Waals surface area contributed by atoms with Crippen molar-refractivity contribution in [1.82, 2.24) is 5.32 Å². The standard InChI is InChI=1S/C17H26N2O2/c1-4-14-7-5-6-8-16(14)18-13(3)15-10-9-12(2)17(11-15)19(20)21/h9-11,13-14,16,18H,4-8H2,1-3H3. The van der Waals surface area contributed by atoms with E-state index in [2.05, 4.69) is 19.2 Å². The van der Waals surface area contributed by atoms with Crippen LogP contribution in [0.1, 0.15) is 63.1 Å². The van der Waals surface area contributed by atoms with Gasteiger partial charge in [-0.15, -0.1) is 0 Å². The normalized spacial score (nSPS) is 23.8. The highest BCUT2D eigenvalue weighted by Crippen LogP contribution is 2.30. The van der Waals surface area contributed by atoms with Gasteiger partial charge in [0, 0.05) is 23.7 Å². The van der Waals surface area contributed by atoms with E-state index >= 15 is 0 Å². The van der Waals surface area contributed by atoms with Crippen molar-refractivity contribution in [1.29, 1.82) is 0 Å². The molecule has 4 heteroatoms. The SMILES string of the molecule is CCC1CCCCC1NC(C)c1ccc(C)c([N+](=O)[O-])c1. The molecule has 1 aromatic rings. The first-order valence-corrected chi connectivity index (χ1v) is 8.04. The first-order valence-electron chi connectivity index (χ1n) is 8.04. The Morgan fingerprint density at radius 3 is 2.76 bits per heavy atom. The molecule has 1 N–H and O–H groups in total. The molecule has 4 nitrogen and oxygen atoms in total. The highest BCUT2D eigenvalue weighted by Gasteiger charge is 2.25. The molecule has 0 radical (unpaired) electrons. The van der Waals surface area contributed by atoms with Crippen LogP contribution in [0.2, 0.25) is 0 Å². The van der Waals surface area contributed by atoms with Crippen molar-refractivity contribution in [2.24, 2.45) is 5.92 Å². The van der Waals surface area contributed by atoms with Crippen molar-refractivity contribution in [3.8, 4) is 0 Å². The molecule has 1 aliphatic carbocycles. The van der Waals surface area contributed by atoms with E-state index in [9.17, 15) is 10.1 Å². The molecule has 1 aliphatic rings. The Bertz CT molecular complexity index is 502. The molecule has 1 aromatic carbocycles. The number of nitro benzene ring substituents is 1. The van der Waals surface area contributed by atoms with Gasteiger partial charge in [-0.05, 0) is 38.2 Å². The minimum atomic E-state index is -0.291. The number of nitro groups is 1. The molecule has 1 saturated carbocycles. The second kappa shape index (κ2) is 7.03. The van der Waals surface area contributed by atoms with Crippen LogP contribution in [0.4, 0.5) is 5.69 Å². The average Bonchev–Trinajstić information content (AvgIpc) is 2.47. The molecule has 0 saturated heterocycles. The van der Waals surface area contributed by atoms with Crippen LogP contribution in [0, 0.1) is 23.0 Å². The maximum absolute atomic E-state index is 11.1. The second-order valence-corrected chi connectivity index (χ2v) is 6.25. The minimum absolute atomic E-state index is 0.154. The van der Waals surface area contributed by atoms with Crippen LogP contribution in [0.3, 0.4) is 0 Å². The summed E-state index contributed by atoms with van der Waals surface area (Å²) < 4.78 is 0. The van der Waals surface area contributed by atoms with Crippen LogP contribution < -0.4 is 5.32 Å². The van der Waals surface area contributed by atoms with Crippen LogP contribution >= 0.6 is 0 Å². The van der Waals surface area contributed by atoms with Gasteiger partial charge in [-0.3, -0.25) is 10.1 Å². The number of rotatable bonds is 5. The number of benzene rings is 1. The number of hydrogen-bond donors (Lipinski definition) is 1. The average molecular weight is 290 g/mol. The van der Waals surface area contributed by atoms with Gasteiger partial charge in [-0.25, -0.2) is 0 Å². The van der Waals surface area contributed by atoms with Crippen molar-refractivity contribution in [2.45, 2.75) is 65.0 Å². The first kappa shape index (κ1) is 16.0. The molecule has 0 aliphatic heterocycles. The van der Waals surface area contributed by atoms with E-state index in [0.29, 0.717) is 6.04 Å². The number of nitrogens with zero attached hydrogens (tertiary/aromatic N) is 1. The summed E-state index contributed by atoms with van der Waals surface area (Å²) >= 11 is 0. The first-order chi connectivity index (χ1) is 10.0. The van der Waals surface area contributed by atoms with Crippen LogP contribution in [0.15, 0.2) is 18.2 Å². The fourth-order valence-corrected chi connectivity index (χ4v) is 3.43. The molecule has 0 spiro atoms. The van der Waals surface area contributed by atoms with Gasteiger partial charge in [0.15, 0.2) is 0 Å². The highest BCUT2D eigenvalue weighted by atomic mass is 16.6.